The van der Waals surface area contributed by atoms with Crippen molar-refractivity contribution >= 4 is 22.0 Å². The van der Waals surface area contributed by atoms with Gasteiger partial charge >= 0.3 is 0 Å². The lowest BCUT2D eigenvalue weighted by Crippen LogP contribution is -2.37. The van der Waals surface area contributed by atoms with Gasteiger partial charge in [0.15, 0.2) is 0 Å². The first-order chi connectivity index (χ1) is 9.16. The zero-order valence-corrected chi connectivity index (χ0v) is 11.9. The van der Waals surface area contributed by atoms with Crippen LogP contribution in [0.25, 0.3) is 0 Å². The SMILES string of the molecule is CCCCNCCN1C=Nc2ccccc2S1(=O)=O. The zero-order valence-electron chi connectivity index (χ0n) is 11.0. The molecule has 0 amide bonds. The predicted octanol–water partition coefficient (Wildman–Crippen LogP) is 1.74. The molecule has 0 saturated heterocycles. The van der Waals surface area contributed by atoms with Gasteiger partial charge in [0.2, 0.25) is 0 Å². The fourth-order valence-electron chi connectivity index (χ4n) is 1.89. The highest BCUT2D eigenvalue weighted by Crippen LogP contribution is 2.29. The molecule has 19 heavy (non-hydrogen) atoms. The van der Waals surface area contributed by atoms with Crippen molar-refractivity contribution in [3.8, 4) is 0 Å². The summed E-state index contributed by atoms with van der Waals surface area (Å²) in [6.45, 7) is 4.08. The molecule has 104 valence electrons. The number of fused-ring (bicyclic) bond motifs is 1. The largest absolute Gasteiger partial charge is 0.315 e. The fraction of sp³-hybridized carbons (Fsp3) is 0.462. The summed E-state index contributed by atoms with van der Waals surface area (Å²) in [7, 11) is -3.43. The van der Waals surface area contributed by atoms with E-state index in [9.17, 15) is 8.42 Å². The average Bonchev–Trinajstić information content (AvgIpc) is 2.41. The average molecular weight is 281 g/mol. The van der Waals surface area contributed by atoms with E-state index in [1.165, 1.54) is 10.6 Å². The van der Waals surface area contributed by atoms with Crippen LogP contribution in [0.1, 0.15) is 19.8 Å². The van der Waals surface area contributed by atoms with E-state index in [0.29, 0.717) is 18.8 Å². The molecule has 0 saturated carbocycles. The number of nitrogens with zero attached hydrogens (tertiary/aromatic N) is 2. The van der Waals surface area contributed by atoms with Gasteiger partial charge in [-0.05, 0) is 25.1 Å². The van der Waals surface area contributed by atoms with Gasteiger partial charge in [-0.25, -0.2) is 13.4 Å². The summed E-state index contributed by atoms with van der Waals surface area (Å²) in [4.78, 5) is 4.46. The first-order valence-corrected chi connectivity index (χ1v) is 7.96. The second-order valence-corrected chi connectivity index (χ2v) is 6.29. The molecule has 0 spiro atoms. The highest BCUT2D eigenvalue weighted by molar-refractivity contribution is 7.89. The van der Waals surface area contributed by atoms with E-state index in [-0.39, 0.29) is 4.90 Å². The van der Waals surface area contributed by atoms with Crippen molar-refractivity contribution in [1.29, 1.82) is 0 Å². The maximum Gasteiger partial charge on any atom is 0.267 e. The van der Waals surface area contributed by atoms with Crippen molar-refractivity contribution in [2.75, 3.05) is 19.6 Å². The molecule has 0 bridgehead atoms. The smallest absolute Gasteiger partial charge is 0.267 e. The molecule has 0 unspecified atom stereocenters. The molecule has 2 rings (SSSR count). The summed E-state index contributed by atoms with van der Waals surface area (Å²) in [6.07, 6.45) is 3.63. The van der Waals surface area contributed by atoms with E-state index >= 15 is 0 Å². The Morgan fingerprint density at radius 2 is 2.05 bits per heavy atom. The standard InChI is InChI=1S/C13H19N3O2S/c1-2-3-8-14-9-10-16-11-15-12-6-4-5-7-13(12)19(16,17)18/h4-7,11,14H,2-3,8-10H2,1H3. The highest BCUT2D eigenvalue weighted by atomic mass is 32.2. The first-order valence-electron chi connectivity index (χ1n) is 6.52. The number of benzene rings is 1. The minimum atomic E-state index is -3.43. The topological polar surface area (TPSA) is 61.8 Å². The van der Waals surface area contributed by atoms with Crippen LogP contribution in [-0.4, -0.2) is 38.7 Å². The van der Waals surface area contributed by atoms with Crippen LogP contribution in [0.15, 0.2) is 34.2 Å². The van der Waals surface area contributed by atoms with Crippen LogP contribution < -0.4 is 5.32 Å². The Balaban J connectivity index is 2.01. The summed E-state index contributed by atoms with van der Waals surface area (Å²) in [5.74, 6) is 0. The van der Waals surface area contributed by atoms with E-state index in [0.717, 1.165) is 19.4 Å². The number of unbranched alkanes of at least 4 members (excludes halogenated alkanes) is 1. The summed E-state index contributed by atoms with van der Waals surface area (Å²) < 4.78 is 26.0. The van der Waals surface area contributed by atoms with Gasteiger partial charge in [0, 0.05) is 13.1 Å². The number of nitrogens with one attached hydrogen (secondary N) is 1. The van der Waals surface area contributed by atoms with Gasteiger partial charge < -0.3 is 5.32 Å². The summed E-state index contributed by atoms with van der Waals surface area (Å²) in [6, 6.07) is 6.81. The Morgan fingerprint density at radius 1 is 1.26 bits per heavy atom. The minimum Gasteiger partial charge on any atom is -0.315 e. The first kappa shape index (κ1) is 14.0. The molecule has 0 fully saturated rings. The molecule has 0 radical (unpaired) electrons. The van der Waals surface area contributed by atoms with Crippen LogP contribution >= 0.6 is 0 Å². The molecule has 1 heterocycles. The van der Waals surface area contributed by atoms with E-state index in [1.807, 2.05) is 0 Å². The number of aliphatic imine (C=N–C) groups is 1. The lowest BCUT2D eigenvalue weighted by Gasteiger charge is -2.24. The third-order valence-corrected chi connectivity index (χ3v) is 4.79. The molecule has 1 N–H and O–H groups in total. The van der Waals surface area contributed by atoms with Crippen LogP contribution in [0.3, 0.4) is 0 Å². The second-order valence-electron chi connectivity index (χ2n) is 4.43. The van der Waals surface area contributed by atoms with Crippen LogP contribution in [0, 0.1) is 0 Å². The lowest BCUT2D eigenvalue weighted by atomic mass is 10.3. The Labute approximate surface area is 114 Å². The summed E-state index contributed by atoms with van der Waals surface area (Å²) in [5.41, 5.74) is 0.512. The Morgan fingerprint density at radius 3 is 2.84 bits per heavy atom. The number of para-hydroxylation sites is 1. The van der Waals surface area contributed by atoms with Gasteiger partial charge in [0.1, 0.15) is 11.2 Å². The Kier molecular flexibility index (Phi) is 4.55. The van der Waals surface area contributed by atoms with E-state index < -0.39 is 10.0 Å². The maximum atomic E-state index is 12.3. The van der Waals surface area contributed by atoms with Crippen LogP contribution in [0.5, 0.6) is 0 Å². The van der Waals surface area contributed by atoms with Crippen LogP contribution in [0.4, 0.5) is 5.69 Å². The second kappa shape index (κ2) is 6.16. The molecule has 1 aromatic rings. The van der Waals surface area contributed by atoms with Gasteiger partial charge in [0.05, 0.1) is 5.69 Å². The van der Waals surface area contributed by atoms with Gasteiger partial charge in [-0.2, -0.15) is 0 Å². The molecule has 6 heteroatoms. The zero-order chi connectivity index (χ0) is 13.7. The number of rotatable bonds is 6. The molecule has 1 aliphatic rings. The Hall–Kier alpha value is -1.40. The molecular weight excluding hydrogens is 262 g/mol. The number of hydrogen-bond acceptors (Lipinski definition) is 4. The van der Waals surface area contributed by atoms with Crippen molar-refractivity contribution in [3.05, 3.63) is 24.3 Å². The van der Waals surface area contributed by atoms with Crippen LogP contribution in [0.2, 0.25) is 0 Å². The molecule has 1 aromatic carbocycles. The molecule has 0 atom stereocenters. The molecule has 5 nitrogen and oxygen atoms in total. The minimum absolute atomic E-state index is 0.283. The number of sulfonamides is 1. The normalized spacial score (nSPS) is 16.4. The highest BCUT2D eigenvalue weighted by Gasteiger charge is 2.27. The summed E-state index contributed by atoms with van der Waals surface area (Å²) >= 11 is 0. The van der Waals surface area contributed by atoms with Crippen LogP contribution in [-0.2, 0) is 10.0 Å². The Bertz CT molecular complexity index is 555. The third kappa shape index (κ3) is 3.13. The van der Waals surface area contributed by atoms with Gasteiger partial charge in [0.25, 0.3) is 10.0 Å². The van der Waals surface area contributed by atoms with Crippen molar-refractivity contribution in [2.24, 2.45) is 4.99 Å². The summed E-state index contributed by atoms with van der Waals surface area (Å²) in [5, 5.41) is 3.23. The monoisotopic (exact) mass is 281 g/mol. The quantitative estimate of drug-likeness (QED) is 0.808. The van der Waals surface area contributed by atoms with Crippen molar-refractivity contribution < 1.29 is 8.42 Å². The van der Waals surface area contributed by atoms with E-state index in [2.05, 4.69) is 17.2 Å². The maximum absolute atomic E-state index is 12.3. The van der Waals surface area contributed by atoms with E-state index in [1.54, 1.807) is 24.3 Å². The predicted molar refractivity (Wildman–Crippen MR) is 76.3 cm³/mol. The molecule has 0 aromatic heterocycles. The lowest BCUT2D eigenvalue weighted by molar-refractivity contribution is 0.508. The van der Waals surface area contributed by atoms with Gasteiger partial charge in [-0.15, -0.1) is 0 Å². The van der Waals surface area contributed by atoms with Crippen molar-refractivity contribution in [2.45, 2.75) is 24.7 Å². The van der Waals surface area contributed by atoms with Gasteiger partial charge in [-0.3, -0.25) is 4.31 Å². The molecule has 0 aliphatic carbocycles. The number of hydrogen-bond donors (Lipinski definition) is 1. The van der Waals surface area contributed by atoms with E-state index in [4.69, 9.17) is 0 Å². The van der Waals surface area contributed by atoms with Gasteiger partial charge in [-0.1, -0.05) is 25.5 Å². The van der Waals surface area contributed by atoms with Crippen molar-refractivity contribution in [1.82, 2.24) is 9.62 Å². The third-order valence-electron chi connectivity index (χ3n) is 2.99. The van der Waals surface area contributed by atoms with Crippen molar-refractivity contribution in [3.63, 3.8) is 0 Å². The molecular formula is C13H19N3O2S. The molecule has 1 aliphatic heterocycles. The fourth-order valence-corrected chi connectivity index (χ4v) is 3.28.